The minimum Gasteiger partial charge on any atom is -0.325 e. The molecule has 0 saturated carbocycles. The first kappa shape index (κ1) is 19.6. The first-order valence-electron chi connectivity index (χ1n) is 9.44. The fraction of sp³-hybridized carbons (Fsp3) is 0.318. The van der Waals surface area contributed by atoms with Crippen LogP contribution in [0.3, 0.4) is 0 Å². The summed E-state index contributed by atoms with van der Waals surface area (Å²) < 4.78 is 0. The van der Waals surface area contributed by atoms with Crippen molar-refractivity contribution in [2.75, 3.05) is 11.9 Å². The van der Waals surface area contributed by atoms with E-state index >= 15 is 0 Å². The van der Waals surface area contributed by atoms with Crippen LogP contribution in [-0.2, 0) is 15.1 Å². The number of urea groups is 1. The van der Waals surface area contributed by atoms with E-state index in [1.807, 2.05) is 30.3 Å². The SMILES string of the molecule is CC[C@H](C)c1ccc(NC(=O)CN2C(=O)N[C@](C)(c3ccccc3)C2=O)cc1. The lowest BCUT2D eigenvalue weighted by molar-refractivity contribution is -0.133. The van der Waals surface area contributed by atoms with Gasteiger partial charge in [-0.15, -0.1) is 0 Å². The van der Waals surface area contributed by atoms with Gasteiger partial charge in [-0.05, 0) is 42.5 Å². The number of anilines is 1. The lowest BCUT2D eigenvalue weighted by Gasteiger charge is -2.22. The summed E-state index contributed by atoms with van der Waals surface area (Å²) >= 11 is 0. The van der Waals surface area contributed by atoms with Gasteiger partial charge < -0.3 is 10.6 Å². The van der Waals surface area contributed by atoms with Crippen molar-refractivity contribution in [2.24, 2.45) is 0 Å². The van der Waals surface area contributed by atoms with Gasteiger partial charge in [0.15, 0.2) is 0 Å². The molecular weight excluding hydrogens is 354 g/mol. The fourth-order valence-electron chi connectivity index (χ4n) is 3.28. The molecule has 2 atom stereocenters. The van der Waals surface area contributed by atoms with Crippen molar-refractivity contribution in [1.29, 1.82) is 0 Å². The Hall–Kier alpha value is -3.15. The number of carbonyl (C=O) groups is 3. The predicted octanol–water partition coefficient (Wildman–Crippen LogP) is 3.61. The lowest BCUT2D eigenvalue weighted by Crippen LogP contribution is -2.42. The molecule has 146 valence electrons. The smallest absolute Gasteiger partial charge is 0.325 e. The van der Waals surface area contributed by atoms with E-state index in [1.54, 1.807) is 31.2 Å². The highest BCUT2D eigenvalue weighted by atomic mass is 16.2. The normalized spacial score (nSPS) is 20.0. The molecule has 28 heavy (non-hydrogen) atoms. The highest BCUT2D eigenvalue weighted by Gasteiger charge is 2.49. The maximum absolute atomic E-state index is 12.8. The Morgan fingerprint density at radius 3 is 2.36 bits per heavy atom. The largest absolute Gasteiger partial charge is 0.325 e. The number of imide groups is 1. The Labute approximate surface area is 164 Å². The van der Waals surface area contributed by atoms with E-state index in [0.29, 0.717) is 17.2 Å². The van der Waals surface area contributed by atoms with Crippen LogP contribution in [0.4, 0.5) is 10.5 Å². The van der Waals surface area contributed by atoms with Gasteiger partial charge in [-0.1, -0.05) is 56.3 Å². The van der Waals surface area contributed by atoms with Gasteiger partial charge in [-0.2, -0.15) is 0 Å². The second-order valence-corrected chi connectivity index (χ2v) is 7.29. The number of nitrogens with zero attached hydrogens (tertiary/aromatic N) is 1. The standard InChI is InChI=1S/C22H25N3O3/c1-4-15(2)16-10-12-18(13-11-16)23-19(26)14-25-20(27)22(3,24-21(25)28)17-8-6-5-7-9-17/h5-13,15H,4,14H2,1-3H3,(H,23,26)(H,24,28)/t15-,22+/m0/s1. The van der Waals surface area contributed by atoms with E-state index in [1.165, 1.54) is 5.56 Å². The molecule has 2 N–H and O–H groups in total. The topological polar surface area (TPSA) is 78.5 Å². The number of benzene rings is 2. The summed E-state index contributed by atoms with van der Waals surface area (Å²) in [4.78, 5) is 38.5. The maximum atomic E-state index is 12.8. The third-order valence-corrected chi connectivity index (χ3v) is 5.30. The molecule has 0 radical (unpaired) electrons. The molecule has 1 heterocycles. The zero-order valence-electron chi connectivity index (χ0n) is 16.4. The first-order chi connectivity index (χ1) is 13.3. The monoisotopic (exact) mass is 379 g/mol. The molecule has 1 aliphatic rings. The average molecular weight is 379 g/mol. The van der Waals surface area contributed by atoms with E-state index in [2.05, 4.69) is 24.5 Å². The van der Waals surface area contributed by atoms with Gasteiger partial charge in [0, 0.05) is 5.69 Å². The molecule has 0 unspecified atom stereocenters. The summed E-state index contributed by atoms with van der Waals surface area (Å²) in [6, 6.07) is 16.1. The van der Waals surface area contributed by atoms with Crippen molar-refractivity contribution in [1.82, 2.24) is 10.2 Å². The Morgan fingerprint density at radius 2 is 1.75 bits per heavy atom. The van der Waals surface area contributed by atoms with Crippen LogP contribution in [0.2, 0.25) is 0 Å². The lowest BCUT2D eigenvalue weighted by atomic mass is 9.92. The highest BCUT2D eigenvalue weighted by molar-refractivity contribution is 6.10. The van der Waals surface area contributed by atoms with Gasteiger partial charge >= 0.3 is 6.03 Å². The van der Waals surface area contributed by atoms with Crippen molar-refractivity contribution in [3.8, 4) is 0 Å². The molecule has 0 bridgehead atoms. The van der Waals surface area contributed by atoms with Crippen LogP contribution in [0.5, 0.6) is 0 Å². The molecule has 2 aromatic carbocycles. The van der Waals surface area contributed by atoms with Crippen molar-refractivity contribution in [3.63, 3.8) is 0 Å². The van der Waals surface area contributed by atoms with Crippen LogP contribution in [0.1, 0.15) is 44.2 Å². The molecule has 6 heteroatoms. The zero-order valence-corrected chi connectivity index (χ0v) is 16.4. The minimum absolute atomic E-state index is 0.333. The number of nitrogens with one attached hydrogen (secondary N) is 2. The van der Waals surface area contributed by atoms with Gasteiger partial charge in [0.1, 0.15) is 12.1 Å². The number of hydrogen-bond donors (Lipinski definition) is 2. The number of rotatable bonds is 6. The molecule has 4 amide bonds. The maximum Gasteiger partial charge on any atom is 0.325 e. The molecule has 1 aliphatic heterocycles. The summed E-state index contributed by atoms with van der Waals surface area (Å²) in [7, 11) is 0. The number of hydrogen-bond acceptors (Lipinski definition) is 3. The van der Waals surface area contributed by atoms with Crippen molar-refractivity contribution >= 4 is 23.5 Å². The third kappa shape index (κ3) is 3.76. The average Bonchev–Trinajstić information content (AvgIpc) is 2.92. The molecule has 0 aliphatic carbocycles. The molecule has 3 rings (SSSR count). The van der Waals surface area contributed by atoms with E-state index in [4.69, 9.17) is 0 Å². The summed E-state index contributed by atoms with van der Waals surface area (Å²) in [6.45, 7) is 5.59. The van der Waals surface area contributed by atoms with Crippen molar-refractivity contribution < 1.29 is 14.4 Å². The van der Waals surface area contributed by atoms with E-state index < -0.39 is 23.4 Å². The third-order valence-electron chi connectivity index (χ3n) is 5.30. The fourth-order valence-corrected chi connectivity index (χ4v) is 3.28. The second-order valence-electron chi connectivity index (χ2n) is 7.29. The van der Waals surface area contributed by atoms with E-state index in [-0.39, 0.29) is 6.54 Å². The number of carbonyl (C=O) groups excluding carboxylic acids is 3. The summed E-state index contributed by atoms with van der Waals surface area (Å²) in [5, 5.41) is 5.45. The Bertz CT molecular complexity index is 880. The van der Waals surface area contributed by atoms with E-state index in [9.17, 15) is 14.4 Å². The van der Waals surface area contributed by atoms with Crippen molar-refractivity contribution in [2.45, 2.75) is 38.6 Å². The molecule has 0 aromatic heterocycles. The molecule has 0 spiro atoms. The second kappa shape index (κ2) is 7.84. The quantitative estimate of drug-likeness (QED) is 0.753. The zero-order chi connectivity index (χ0) is 20.3. The van der Waals surface area contributed by atoms with Crippen LogP contribution in [-0.4, -0.2) is 29.3 Å². The molecule has 1 saturated heterocycles. The Balaban J connectivity index is 1.67. The van der Waals surface area contributed by atoms with Gasteiger partial charge in [0.05, 0.1) is 0 Å². The van der Waals surface area contributed by atoms with Crippen LogP contribution in [0.25, 0.3) is 0 Å². The van der Waals surface area contributed by atoms with Crippen LogP contribution < -0.4 is 10.6 Å². The van der Waals surface area contributed by atoms with Gasteiger partial charge in [-0.25, -0.2) is 4.79 Å². The van der Waals surface area contributed by atoms with Gasteiger partial charge in [0.2, 0.25) is 5.91 Å². The molecule has 1 fully saturated rings. The highest BCUT2D eigenvalue weighted by Crippen LogP contribution is 2.28. The van der Waals surface area contributed by atoms with Crippen LogP contribution in [0.15, 0.2) is 54.6 Å². The van der Waals surface area contributed by atoms with Crippen LogP contribution in [0, 0.1) is 0 Å². The number of amides is 4. The van der Waals surface area contributed by atoms with E-state index in [0.717, 1.165) is 11.3 Å². The minimum atomic E-state index is -1.17. The van der Waals surface area contributed by atoms with Crippen molar-refractivity contribution in [3.05, 3.63) is 65.7 Å². The molecule has 2 aromatic rings. The molecular formula is C22H25N3O3. The summed E-state index contributed by atoms with van der Waals surface area (Å²) in [5.74, 6) is -0.408. The van der Waals surface area contributed by atoms with Gasteiger partial charge in [0.25, 0.3) is 5.91 Å². The van der Waals surface area contributed by atoms with Gasteiger partial charge in [-0.3, -0.25) is 14.5 Å². The van der Waals surface area contributed by atoms with Crippen LogP contribution >= 0.6 is 0 Å². The molecule has 6 nitrogen and oxygen atoms in total. The summed E-state index contributed by atoms with van der Waals surface area (Å²) in [6.07, 6.45) is 1.04. The predicted molar refractivity (Wildman–Crippen MR) is 108 cm³/mol. The Morgan fingerprint density at radius 1 is 1.11 bits per heavy atom. The summed E-state index contributed by atoms with van der Waals surface area (Å²) in [5.41, 5.74) is 1.34. The Kier molecular flexibility index (Phi) is 5.49. The first-order valence-corrected chi connectivity index (χ1v) is 9.44.